The first-order chi connectivity index (χ1) is 14.3. The van der Waals surface area contributed by atoms with Crippen LogP contribution >= 0.6 is 0 Å². The molecular weight excluding hydrogens is 400 g/mol. The molecule has 0 aromatic carbocycles. The molecule has 0 aromatic heterocycles. The Balaban J connectivity index is 0. The van der Waals surface area contributed by atoms with Gasteiger partial charge >= 0.3 is 0 Å². The quantitative estimate of drug-likeness (QED) is 0.176. The second-order valence-electron chi connectivity index (χ2n) is 9.47. The Morgan fingerprint density at radius 1 is 0.467 bits per heavy atom. The van der Waals surface area contributed by atoms with Gasteiger partial charge in [-0.25, -0.2) is 0 Å². The largest absolute Gasteiger partial charge is 0.325 e. The van der Waals surface area contributed by atoms with Crippen molar-refractivity contribution in [3.63, 3.8) is 0 Å². The molecule has 0 rings (SSSR count). The topological polar surface area (TPSA) is 48.1 Å². The molecule has 0 aliphatic heterocycles. The summed E-state index contributed by atoms with van der Waals surface area (Å²) in [6, 6.07) is 2.75. The SMILES string of the molecule is CCCN[Si](CCC)(CCC)NCCC.CCCN[Si](NCCC)(C(C)C)C(C)C. The normalized spacial score (nSPS) is 12.4. The van der Waals surface area contributed by atoms with Gasteiger partial charge in [0.15, 0.2) is 0 Å². The van der Waals surface area contributed by atoms with E-state index >= 15 is 0 Å². The Bertz CT molecular complexity index is 331. The molecule has 0 saturated carbocycles. The number of nitrogens with one attached hydrogen (secondary N) is 4. The van der Waals surface area contributed by atoms with Crippen molar-refractivity contribution in [3.05, 3.63) is 0 Å². The fourth-order valence-corrected chi connectivity index (χ4v) is 13.0. The zero-order chi connectivity index (χ0) is 23.5. The van der Waals surface area contributed by atoms with Gasteiger partial charge in [-0.15, -0.1) is 0 Å². The molecule has 184 valence electrons. The lowest BCUT2D eigenvalue weighted by molar-refractivity contribution is 0.689. The highest BCUT2D eigenvalue weighted by Gasteiger charge is 2.39. The van der Waals surface area contributed by atoms with E-state index < -0.39 is 16.8 Å². The lowest BCUT2D eigenvalue weighted by Gasteiger charge is -2.40. The molecule has 4 N–H and O–H groups in total. The van der Waals surface area contributed by atoms with Crippen molar-refractivity contribution < 1.29 is 0 Å². The second-order valence-corrected chi connectivity index (χ2v) is 18.1. The summed E-state index contributed by atoms with van der Waals surface area (Å²) >= 11 is 0. The molecule has 0 fully saturated rings. The third-order valence-corrected chi connectivity index (χ3v) is 15.8. The molecule has 0 bridgehead atoms. The van der Waals surface area contributed by atoms with Crippen LogP contribution in [0.5, 0.6) is 0 Å². The van der Waals surface area contributed by atoms with Crippen LogP contribution in [0.1, 0.15) is 108 Å². The summed E-state index contributed by atoms with van der Waals surface area (Å²) in [5.41, 5.74) is 1.49. The van der Waals surface area contributed by atoms with Crippen LogP contribution in [-0.4, -0.2) is 43.0 Å². The molecule has 30 heavy (non-hydrogen) atoms. The highest BCUT2D eigenvalue weighted by molar-refractivity contribution is 6.77. The monoisotopic (exact) mass is 460 g/mol. The van der Waals surface area contributed by atoms with Crippen molar-refractivity contribution in [2.45, 2.75) is 131 Å². The molecule has 6 heteroatoms. The van der Waals surface area contributed by atoms with Gasteiger partial charge in [-0.1, -0.05) is 82.1 Å². The van der Waals surface area contributed by atoms with E-state index in [0.717, 1.165) is 24.2 Å². The first kappa shape index (κ1) is 32.5. The molecule has 0 unspecified atom stereocenters. The van der Waals surface area contributed by atoms with Crippen molar-refractivity contribution >= 4 is 16.8 Å². The Kier molecular flexibility index (Phi) is 21.6. The van der Waals surface area contributed by atoms with E-state index in [-0.39, 0.29) is 0 Å². The van der Waals surface area contributed by atoms with Gasteiger partial charge in [0.05, 0.1) is 0 Å². The maximum atomic E-state index is 3.85. The minimum Gasteiger partial charge on any atom is -0.325 e. The van der Waals surface area contributed by atoms with Crippen molar-refractivity contribution in [2.75, 3.05) is 26.2 Å². The van der Waals surface area contributed by atoms with E-state index in [2.05, 4.69) is 89.2 Å². The zero-order valence-electron chi connectivity index (χ0n) is 22.6. The molecule has 4 nitrogen and oxygen atoms in total. The van der Waals surface area contributed by atoms with Crippen LogP contribution in [0.2, 0.25) is 23.2 Å². The molecule has 0 aromatic rings. The third-order valence-electron chi connectivity index (χ3n) is 5.94. The average molecular weight is 461 g/mol. The first-order valence-corrected chi connectivity index (χ1v) is 17.8. The van der Waals surface area contributed by atoms with E-state index in [1.807, 2.05) is 0 Å². The molecule has 0 spiro atoms. The molecule has 0 radical (unpaired) electrons. The predicted octanol–water partition coefficient (Wildman–Crippen LogP) is 6.50. The van der Waals surface area contributed by atoms with Crippen LogP contribution < -0.4 is 19.9 Å². The summed E-state index contributed by atoms with van der Waals surface area (Å²) in [4.78, 5) is 15.4. The maximum Gasteiger partial charge on any atom is 0.206 e. The van der Waals surface area contributed by atoms with Gasteiger partial charge in [-0.05, 0) is 75.0 Å². The molecule has 0 aliphatic rings. The minimum absolute atomic E-state index is 0.746. The molecule has 0 atom stereocenters. The molecule has 0 saturated heterocycles. The highest BCUT2D eigenvalue weighted by Crippen LogP contribution is 2.27. The molecule has 0 heterocycles. The van der Waals surface area contributed by atoms with E-state index in [1.54, 1.807) is 0 Å². The van der Waals surface area contributed by atoms with Crippen LogP contribution in [-0.2, 0) is 0 Å². The predicted molar refractivity (Wildman–Crippen MR) is 145 cm³/mol. The summed E-state index contributed by atoms with van der Waals surface area (Å²) in [7, 11) is -2.83. The highest BCUT2D eigenvalue weighted by atomic mass is 28.4. The van der Waals surface area contributed by atoms with Crippen LogP contribution in [0.25, 0.3) is 0 Å². The standard InChI is InChI=1S/2C12H30N2Si/c1-7-9-13-15(11(3)4,12(5)6)14-10-8-2;1-5-9-13-15(11-7-3,12-8-4)14-10-6-2/h11-14H,7-10H2,1-6H3;13-14H,5-12H2,1-4H3. The maximum absolute atomic E-state index is 3.85. The van der Waals surface area contributed by atoms with Gasteiger partial charge < -0.3 is 19.9 Å². The number of hydrogen-bond acceptors (Lipinski definition) is 4. The van der Waals surface area contributed by atoms with Gasteiger partial charge in [0.25, 0.3) is 0 Å². The van der Waals surface area contributed by atoms with Crippen molar-refractivity contribution in [2.24, 2.45) is 0 Å². The Morgan fingerprint density at radius 2 is 0.767 bits per heavy atom. The van der Waals surface area contributed by atoms with Gasteiger partial charge in [0.1, 0.15) is 0 Å². The van der Waals surface area contributed by atoms with Gasteiger partial charge in [0, 0.05) is 0 Å². The summed E-state index contributed by atoms with van der Waals surface area (Å²) in [6.45, 7) is 27.7. The van der Waals surface area contributed by atoms with Crippen LogP contribution in [0.4, 0.5) is 0 Å². The molecular formula is C24H60N4Si2. The second kappa shape index (κ2) is 19.9. The third kappa shape index (κ3) is 13.0. The van der Waals surface area contributed by atoms with Crippen LogP contribution in [0.3, 0.4) is 0 Å². The lowest BCUT2D eigenvalue weighted by atomic mass is 10.5. The van der Waals surface area contributed by atoms with Crippen molar-refractivity contribution in [1.29, 1.82) is 0 Å². The van der Waals surface area contributed by atoms with E-state index in [1.165, 1.54) is 63.7 Å². The number of rotatable bonds is 18. The summed E-state index contributed by atoms with van der Waals surface area (Å²) in [6.07, 6.45) is 7.55. The summed E-state index contributed by atoms with van der Waals surface area (Å²) < 4.78 is 0. The van der Waals surface area contributed by atoms with E-state index in [0.29, 0.717) is 0 Å². The van der Waals surface area contributed by atoms with E-state index in [9.17, 15) is 0 Å². The Labute approximate surface area is 193 Å². The smallest absolute Gasteiger partial charge is 0.206 e. The van der Waals surface area contributed by atoms with E-state index in [4.69, 9.17) is 0 Å². The fourth-order valence-electron chi connectivity index (χ4n) is 4.33. The fraction of sp³-hybridized carbons (Fsp3) is 1.00. The summed E-state index contributed by atoms with van der Waals surface area (Å²) in [5, 5.41) is 0. The average Bonchev–Trinajstić information content (AvgIpc) is 2.71. The first-order valence-electron chi connectivity index (χ1n) is 13.3. The van der Waals surface area contributed by atoms with Crippen LogP contribution in [0, 0.1) is 0 Å². The summed E-state index contributed by atoms with van der Waals surface area (Å²) in [5.74, 6) is 0. The Hall–Kier alpha value is 0.274. The Morgan fingerprint density at radius 3 is 1.00 bits per heavy atom. The lowest BCUT2D eigenvalue weighted by Crippen LogP contribution is -2.66. The van der Waals surface area contributed by atoms with Gasteiger partial charge in [0.2, 0.25) is 16.8 Å². The zero-order valence-corrected chi connectivity index (χ0v) is 24.6. The van der Waals surface area contributed by atoms with Crippen LogP contribution in [0.15, 0.2) is 0 Å². The number of hydrogen-bond donors (Lipinski definition) is 4. The van der Waals surface area contributed by atoms with Gasteiger partial charge in [-0.2, -0.15) is 0 Å². The van der Waals surface area contributed by atoms with Crippen molar-refractivity contribution in [1.82, 2.24) is 19.9 Å². The minimum atomic E-state index is -1.49. The van der Waals surface area contributed by atoms with Gasteiger partial charge in [-0.3, -0.25) is 0 Å². The molecule has 0 amide bonds. The van der Waals surface area contributed by atoms with Crippen molar-refractivity contribution in [3.8, 4) is 0 Å². The molecule has 0 aliphatic carbocycles.